The van der Waals surface area contributed by atoms with Gasteiger partial charge in [0.2, 0.25) is 5.91 Å². The van der Waals surface area contributed by atoms with Crippen molar-refractivity contribution in [3.05, 3.63) is 12.7 Å². The van der Waals surface area contributed by atoms with Gasteiger partial charge in [0.1, 0.15) is 0 Å². The fourth-order valence-corrected chi connectivity index (χ4v) is 2.39. The van der Waals surface area contributed by atoms with Crippen molar-refractivity contribution in [2.45, 2.75) is 12.5 Å². The van der Waals surface area contributed by atoms with Gasteiger partial charge in [-0.15, -0.1) is 6.58 Å². The molecule has 1 atom stereocenters. The van der Waals surface area contributed by atoms with Crippen LogP contribution in [0.2, 0.25) is 0 Å². The second-order valence-electron chi connectivity index (χ2n) is 4.16. The normalized spacial score (nSPS) is 28.4. The van der Waals surface area contributed by atoms with Crippen LogP contribution in [0.4, 0.5) is 0 Å². The van der Waals surface area contributed by atoms with Gasteiger partial charge in [-0.05, 0) is 6.42 Å². The molecule has 2 rings (SSSR count). The minimum atomic E-state index is 0.132. The van der Waals surface area contributed by atoms with Crippen LogP contribution in [0, 0.1) is 0 Å². The van der Waals surface area contributed by atoms with E-state index in [-0.39, 0.29) is 11.9 Å². The highest BCUT2D eigenvalue weighted by molar-refractivity contribution is 5.84. The Hall–Kier alpha value is -0.870. The van der Waals surface area contributed by atoms with Crippen molar-refractivity contribution >= 4 is 5.91 Å². The molecule has 0 radical (unpaired) electrons. The summed E-state index contributed by atoms with van der Waals surface area (Å²) in [7, 11) is 0. The van der Waals surface area contributed by atoms with Crippen LogP contribution in [0.1, 0.15) is 6.42 Å². The molecule has 0 aromatic heterocycles. The van der Waals surface area contributed by atoms with E-state index in [4.69, 9.17) is 0 Å². The van der Waals surface area contributed by atoms with Gasteiger partial charge in [0.05, 0.1) is 6.04 Å². The zero-order valence-electron chi connectivity index (χ0n) is 9.11. The van der Waals surface area contributed by atoms with Crippen LogP contribution in [0.5, 0.6) is 0 Å². The van der Waals surface area contributed by atoms with E-state index in [1.165, 1.54) is 0 Å². The van der Waals surface area contributed by atoms with Crippen LogP contribution < -0.4 is 5.32 Å². The number of nitrogens with zero attached hydrogens (tertiary/aromatic N) is 2. The molecular weight excluding hydrogens is 190 g/mol. The van der Waals surface area contributed by atoms with Gasteiger partial charge in [-0.3, -0.25) is 9.69 Å². The third-order valence-corrected chi connectivity index (χ3v) is 3.21. The molecule has 4 nitrogen and oxygen atoms in total. The third kappa shape index (κ3) is 2.21. The Labute approximate surface area is 90.9 Å². The maximum Gasteiger partial charge on any atom is 0.240 e. The van der Waals surface area contributed by atoms with Gasteiger partial charge in [0.15, 0.2) is 0 Å². The molecule has 15 heavy (non-hydrogen) atoms. The van der Waals surface area contributed by atoms with E-state index in [0.717, 1.165) is 39.1 Å². The average molecular weight is 209 g/mol. The Bertz CT molecular complexity index is 248. The highest BCUT2D eigenvalue weighted by atomic mass is 16.2. The molecule has 0 aromatic carbocycles. The lowest BCUT2D eigenvalue weighted by molar-refractivity contribution is -0.131. The lowest BCUT2D eigenvalue weighted by atomic mass is 10.2. The summed E-state index contributed by atoms with van der Waals surface area (Å²) < 4.78 is 0. The maximum absolute atomic E-state index is 12.0. The van der Waals surface area contributed by atoms with E-state index in [1.807, 2.05) is 4.90 Å². The topological polar surface area (TPSA) is 35.6 Å². The lowest BCUT2D eigenvalue weighted by Gasteiger charge is -2.31. The molecule has 2 aliphatic heterocycles. The van der Waals surface area contributed by atoms with Crippen LogP contribution in [0.25, 0.3) is 0 Å². The number of nitrogens with one attached hydrogen (secondary N) is 1. The second-order valence-corrected chi connectivity index (χ2v) is 4.16. The monoisotopic (exact) mass is 209 g/mol. The van der Waals surface area contributed by atoms with E-state index < -0.39 is 0 Å². The standard InChI is InChI=1S/C11H19N3O/c1-2-6-14-7-3-10(11(14)15)13-8-4-12-5-9-13/h2,10,12H,1,3-9H2. The van der Waals surface area contributed by atoms with E-state index >= 15 is 0 Å². The van der Waals surface area contributed by atoms with Crippen molar-refractivity contribution in [3.63, 3.8) is 0 Å². The van der Waals surface area contributed by atoms with E-state index in [2.05, 4.69) is 16.8 Å². The van der Waals surface area contributed by atoms with Crippen LogP contribution in [-0.4, -0.2) is 61.0 Å². The van der Waals surface area contributed by atoms with Gasteiger partial charge in [0.25, 0.3) is 0 Å². The molecule has 2 saturated heterocycles. The number of hydrogen-bond donors (Lipinski definition) is 1. The van der Waals surface area contributed by atoms with Gasteiger partial charge >= 0.3 is 0 Å². The first kappa shape index (κ1) is 10.6. The quantitative estimate of drug-likeness (QED) is 0.647. The molecule has 4 heteroatoms. The maximum atomic E-state index is 12.0. The summed E-state index contributed by atoms with van der Waals surface area (Å²) in [5.74, 6) is 0.289. The molecule has 1 unspecified atom stereocenters. The summed E-state index contributed by atoms with van der Waals surface area (Å²) in [5, 5.41) is 3.31. The Morgan fingerprint density at radius 2 is 2.13 bits per heavy atom. The van der Waals surface area contributed by atoms with Gasteiger partial charge < -0.3 is 10.2 Å². The van der Waals surface area contributed by atoms with Crippen LogP contribution in [-0.2, 0) is 4.79 Å². The van der Waals surface area contributed by atoms with Crippen molar-refractivity contribution in [1.29, 1.82) is 0 Å². The smallest absolute Gasteiger partial charge is 0.240 e. The van der Waals surface area contributed by atoms with E-state index in [9.17, 15) is 4.79 Å². The molecule has 0 aliphatic carbocycles. The first-order chi connectivity index (χ1) is 7.33. The first-order valence-corrected chi connectivity index (χ1v) is 5.67. The summed E-state index contributed by atoms with van der Waals surface area (Å²) in [6, 6.07) is 0.132. The minimum absolute atomic E-state index is 0.132. The highest BCUT2D eigenvalue weighted by Gasteiger charge is 2.35. The van der Waals surface area contributed by atoms with Gasteiger partial charge in [-0.2, -0.15) is 0 Å². The number of carbonyl (C=O) groups excluding carboxylic acids is 1. The molecule has 0 bridgehead atoms. The fourth-order valence-electron chi connectivity index (χ4n) is 2.39. The number of piperazine rings is 1. The average Bonchev–Trinajstić information content (AvgIpc) is 2.63. The summed E-state index contributed by atoms with van der Waals surface area (Å²) in [6.07, 6.45) is 2.78. The van der Waals surface area contributed by atoms with Crippen molar-refractivity contribution in [2.24, 2.45) is 0 Å². The van der Waals surface area contributed by atoms with E-state index in [0.29, 0.717) is 6.54 Å². The largest absolute Gasteiger partial charge is 0.338 e. The van der Waals surface area contributed by atoms with Crippen molar-refractivity contribution in [3.8, 4) is 0 Å². The van der Waals surface area contributed by atoms with Crippen molar-refractivity contribution in [1.82, 2.24) is 15.1 Å². The molecule has 2 fully saturated rings. The van der Waals surface area contributed by atoms with Crippen molar-refractivity contribution < 1.29 is 4.79 Å². The van der Waals surface area contributed by atoms with Gasteiger partial charge in [-0.1, -0.05) is 6.08 Å². The Morgan fingerprint density at radius 1 is 1.40 bits per heavy atom. The molecule has 1 N–H and O–H groups in total. The summed E-state index contributed by atoms with van der Waals surface area (Å²) in [6.45, 7) is 9.27. The number of hydrogen-bond acceptors (Lipinski definition) is 3. The third-order valence-electron chi connectivity index (χ3n) is 3.21. The highest BCUT2D eigenvalue weighted by Crippen LogP contribution is 2.17. The number of amides is 1. The predicted octanol–water partition coefficient (Wildman–Crippen LogP) is -0.321. The Kier molecular flexibility index (Phi) is 3.38. The molecule has 2 heterocycles. The molecule has 1 amide bonds. The summed E-state index contributed by atoms with van der Waals surface area (Å²) >= 11 is 0. The van der Waals surface area contributed by atoms with Crippen LogP contribution >= 0.6 is 0 Å². The summed E-state index contributed by atoms with van der Waals surface area (Å²) in [4.78, 5) is 16.2. The molecular formula is C11H19N3O. The molecule has 2 aliphatic rings. The molecule has 0 saturated carbocycles. The minimum Gasteiger partial charge on any atom is -0.338 e. The molecule has 0 spiro atoms. The Morgan fingerprint density at radius 3 is 2.80 bits per heavy atom. The van der Waals surface area contributed by atoms with E-state index in [1.54, 1.807) is 6.08 Å². The Balaban J connectivity index is 1.93. The number of likely N-dealkylation sites (tertiary alicyclic amines) is 1. The zero-order valence-corrected chi connectivity index (χ0v) is 9.11. The summed E-state index contributed by atoms with van der Waals surface area (Å²) in [5.41, 5.74) is 0. The number of rotatable bonds is 3. The second kappa shape index (κ2) is 4.77. The fraction of sp³-hybridized carbons (Fsp3) is 0.727. The molecule has 0 aromatic rings. The lowest BCUT2D eigenvalue weighted by Crippen LogP contribution is -2.51. The first-order valence-electron chi connectivity index (χ1n) is 5.67. The molecule has 84 valence electrons. The van der Waals surface area contributed by atoms with Gasteiger partial charge in [0, 0.05) is 39.3 Å². The van der Waals surface area contributed by atoms with Crippen molar-refractivity contribution in [2.75, 3.05) is 39.3 Å². The van der Waals surface area contributed by atoms with Crippen LogP contribution in [0.15, 0.2) is 12.7 Å². The van der Waals surface area contributed by atoms with Gasteiger partial charge in [-0.25, -0.2) is 0 Å². The SMILES string of the molecule is C=CCN1CCC(N2CCNCC2)C1=O. The zero-order chi connectivity index (χ0) is 10.7. The number of carbonyl (C=O) groups is 1. The van der Waals surface area contributed by atoms with Crippen LogP contribution in [0.3, 0.4) is 0 Å². The predicted molar refractivity (Wildman–Crippen MR) is 59.6 cm³/mol.